The molecule has 0 N–H and O–H groups in total. The Bertz CT molecular complexity index is 1060. The Morgan fingerprint density at radius 3 is 2.64 bits per heavy atom. The molecule has 1 aliphatic rings. The first kappa shape index (κ1) is 23.1. The Morgan fingerprint density at radius 1 is 1.15 bits per heavy atom. The van der Waals surface area contributed by atoms with Crippen LogP contribution in [0.4, 0.5) is 0 Å². The topological polar surface area (TPSA) is 64.8 Å². The van der Waals surface area contributed by atoms with Crippen molar-refractivity contribution in [2.24, 2.45) is 5.41 Å². The van der Waals surface area contributed by atoms with Crippen LogP contribution in [0.25, 0.3) is 11.5 Å². The summed E-state index contributed by atoms with van der Waals surface area (Å²) in [5, 5.41) is 0. The molecule has 1 aromatic heterocycles. The summed E-state index contributed by atoms with van der Waals surface area (Å²) in [7, 11) is 0. The lowest BCUT2D eigenvalue weighted by Gasteiger charge is -2.38. The Kier molecular flexibility index (Phi) is 7.14. The van der Waals surface area contributed by atoms with Crippen LogP contribution in [0.15, 0.2) is 59.0 Å². The number of oxazole rings is 1. The van der Waals surface area contributed by atoms with Crippen LogP contribution in [0.5, 0.6) is 5.75 Å². The fraction of sp³-hybridized carbons (Fsp3) is 0.407. The Balaban J connectivity index is 1.33. The zero-order valence-electron chi connectivity index (χ0n) is 19.7. The maximum absolute atomic E-state index is 12.4. The van der Waals surface area contributed by atoms with Crippen LogP contribution < -0.4 is 4.74 Å². The van der Waals surface area contributed by atoms with Gasteiger partial charge in [0.2, 0.25) is 5.89 Å². The summed E-state index contributed by atoms with van der Waals surface area (Å²) in [5.41, 5.74) is 2.52. The van der Waals surface area contributed by atoms with Crippen LogP contribution >= 0.6 is 0 Å². The molecule has 6 nitrogen and oxygen atoms in total. The summed E-state index contributed by atoms with van der Waals surface area (Å²) >= 11 is 0. The van der Waals surface area contributed by atoms with Crippen LogP contribution in [0.2, 0.25) is 0 Å². The number of hydrogen-bond acceptors (Lipinski definition) is 6. The molecule has 0 aliphatic carbocycles. The van der Waals surface area contributed by atoms with E-state index in [0.29, 0.717) is 19.1 Å². The van der Waals surface area contributed by atoms with Crippen molar-refractivity contribution in [1.82, 2.24) is 9.88 Å². The van der Waals surface area contributed by atoms with E-state index in [1.807, 2.05) is 63.2 Å². The minimum atomic E-state index is -0.425. The number of likely N-dealkylation sites (tertiary alicyclic amines) is 1. The lowest BCUT2D eigenvalue weighted by atomic mass is 9.82. The van der Waals surface area contributed by atoms with Gasteiger partial charge in [0.1, 0.15) is 23.8 Å². The maximum Gasteiger partial charge on any atom is 0.313 e. The van der Waals surface area contributed by atoms with Gasteiger partial charge in [-0.3, -0.25) is 9.69 Å². The van der Waals surface area contributed by atoms with E-state index in [9.17, 15) is 4.79 Å². The second-order valence-corrected chi connectivity index (χ2v) is 8.92. The van der Waals surface area contributed by atoms with Crippen LogP contribution in [0, 0.1) is 12.3 Å². The van der Waals surface area contributed by atoms with E-state index in [2.05, 4.69) is 22.0 Å². The van der Waals surface area contributed by atoms with Crippen molar-refractivity contribution in [3.63, 3.8) is 0 Å². The average molecular weight is 449 g/mol. The number of carbonyl (C=O) groups excluding carboxylic acids is 1. The van der Waals surface area contributed by atoms with Crippen LogP contribution in [0.3, 0.4) is 0 Å². The molecule has 6 heteroatoms. The molecule has 1 fully saturated rings. The van der Waals surface area contributed by atoms with Gasteiger partial charge in [0.25, 0.3) is 0 Å². The van der Waals surface area contributed by atoms with E-state index in [0.717, 1.165) is 55.2 Å². The third-order valence-corrected chi connectivity index (χ3v) is 6.16. The zero-order chi connectivity index (χ0) is 23.3. The third-order valence-electron chi connectivity index (χ3n) is 6.16. The number of aromatic nitrogens is 1. The smallest absolute Gasteiger partial charge is 0.313 e. The number of aryl methyl sites for hydroxylation is 1. The zero-order valence-corrected chi connectivity index (χ0v) is 19.7. The van der Waals surface area contributed by atoms with Gasteiger partial charge in [-0.1, -0.05) is 30.3 Å². The monoisotopic (exact) mass is 448 g/mol. The van der Waals surface area contributed by atoms with Crippen LogP contribution in [0.1, 0.15) is 43.7 Å². The number of nitrogens with zero attached hydrogens (tertiary/aromatic N) is 2. The first-order valence-corrected chi connectivity index (χ1v) is 11.6. The normalized spacial score (nSPS) is 18.8. The summed E-state index contributed by atoms with van der Waals surface area (Å²) < 4.78 is 17.1. The standard InChI is InChI=1S/C27H32N2O4/c1-4-31-26(30)27(3)15-8-16-29(19-27)17-21-11-13-23(14-12-21)32-18-24-20(2)33-25(28-24)22-9-6-5-7-10-22/h5-7,9-14H,4,8,15-19H2,1-3H3. The molecule has 0 amide bonds. The van der Waals surface area contributed by atoms with Crippen molar-refractivity contribution in [2.45, 2.75) is 46.8 Å². The molecule has 4 rings (SSSR count). The van der Waals surface area contributed by atoms with Gasteiger partial charge in [-0.05, 0) is 70.0 Å². The molecular formula is C27H32N2O4. The molecule has 1 saturated heterocycles. The third kappa shape index (κ3) is 5.63. The van der Waals surface area contributed by atoms with E-state index < -0.39 is 5.41 Å². The molecule has 1 aliphatic heterocycles. The summed E-state index contributed by atoms with van der Waals surface area (Å²) in [4.78, 5) is 19.3. The molecule has 0 spiro atoms. The lowest BCUT2D eigenvalue weighted by molar-refractivity contribution is -0.157. The molecule has 174 valence electrons. The fourth-order valence-electron chi connectivity index (χ4n) is 4.32. The minimum Gasteiger partial charge on any atom is -0.487 e. The largest absolute Gasteiger partial charge is 0.487 e. The highest BCUT2D eigenvalue weighted by molar-refractivity contribution is 5.76. The van der Waals surface area contributed by atoms with Crippen molar-refractivity contribution in [3.8, 4) is 17.2 Å². The molecule has 33 heavy (non-hydrogen) atoms. The molecule has 0 saturated carbocycles. The number of ether oxygens (including phenoxy) is 2. The van der Waals surface area contributed by atoms with E-state index in [1.165, 1.54) is 5.56 Å². The second kappa shape index (κ2) is 10.2. The van der Waals surface area contributed by atoms with Crippen LogP contribution in [-0.4, -0.2) is 35.5 Å². The van der Waals surface area contributed by atoms with Gasteiger partial charge in [0, 0.05) is 18.7 Å². The van der Waals surface area contributed by atoms with E-state index >= 15 is 0 Å². The predicted octanol–water partition coefficient (Wildman–Crippen LogP) is 5.39. The Morgan fingerprint density at radius 2 is 1.91 bits per heavy atom. The van der Waals surface area contributed by atoms with Crippen molar-refractivity contribution in [3.05, 3.63) is 71.6 Å². The highest BCUT2D eigenvalue weighted by Crippen LogP contribution is 2.32. The summed E-state index contributed by atoms with van der Waals surface area (Å²) in [5.74, 6) is 2.08. The number of benzene rings is 2. The Labute approximate surface area is 195 Å². The van der Waals surface area contributed by atoms with E-state index in [1.54, 1.807) is 0 Å². The molecule has 2 heterocycles. The highest BCUT2D eigenvalue weighted by atomic mass is 16.5. The van der Waals surface area contributed by atoms with Gasteiger partial charge in [-0.25, -0.2) is 4.98 Å². The van der Waals surface area contributed by atoms with Gasteiger partial charge < -0.3 is 13.9 Å². The molecule has 3 aromatic rings. The molecule has 1 unspecified atom stereocenters. The first-order valence-electron chi connectivity index (χ1n) is 11.6. The van der Waals surface area contributed by atoms with Gasteiger partial charge in [0.05, 0.1) is 12.0 Å². The summed E-state index contributed by atoms with van der Waals surface area (Å²) in [6.45, 7) is 9.08. The van der Waals surface area contributed by atoms with E-state index in [4.69, 9.17) is 13.9 Å². The number of rotatable bonds is 8. The van der Waals surface area contributed by atoms with Crippen molar-refractivity contribution < 1.29 is 18.7 Å². The summed E-state index contributed by atoms with van der Waals surface area (Å²) in [6, 6.07) is 18.0. The van der Waals surface area contributed by atoms with Crippen molar-refractivity contribution in [1.29, 1.82) is 0 Å². The molecule has 2 aromatic carbocycles. The SMILES string of the molecule is CCOC(=O)C1(C)CCCN(Cc2ccc(OCc3nc(-c4ccccc4)oc3C)cc2)C1. The number of hydrogen-bond donors (Lipinski definition) is 0. The number of carbonyl (C=O) groups is 1. The number of piperidine rings is 1. The van der Waals surface area contributed by atoms with E-state index in [-0.39, 0.29) is 5.97 Å². The number of esters is 1. The van der Waals surface area contributed by atoms with Crippen molar-refractivity contribution >= 4 is 5.97 Å². The van der Waals surface area contributed by atoms with Gasteiger partial charge in [-0.15, -0.1) is 0 Å². The van der Waals surface area contributed by atoms with Gasteiger partial charge >= 0.3 is 5.97 Å². The Hall–Kier alpha value is -3.12. The lowest BCUT2D eigenvalue weighted by Crippen LogP contribution is -2.46. The van der Waals surface area contributed by atoms with Gasteiger partial charge in [-0.2, -0.15) is 0 Å². The van der Waals surface area contributed by atoms with Gasteiger partial charge in [0.15, 0.2) is 0 Å². The highest BCUT2D eigenvalue weighted by Gasteiger charge is 2.39. The average Bonchev–Trinajstić information content (AvgIpc) is 3.20. The quantitative estimate of drug-likeness (QED) is 0.430. The molecule has 0 radical (unpaired) electrons. The molecule has 0 bridgehead atoms. The predicted molar refractivity (Wildman–Crippen MR) is 127 cm³/mol. The fourth-order valence-corrected chi connectivity index (χ4v) is 4.32. The summed E-state index contributed by atoms with van der Waals surface area (Å²) in [6.07, 6.45) is 1.88. The maximum atomic E-state index is 12.4. The first-order chi connectivity index (χ1) is 16.0. The van der Waals surface area contributed by atoms with Crippen LogP contribution in [-0.2, 0) is 22.7 Å². The second-order valence-electron chi connectivity index (χ2n) is 8.92. The molecular weight excluding hydrogens is 416 g/mol. The molecule has 1 atom stereocenters. The van der Waals surface area contributed by atoms with Crippen molar-refractivity contribution in [2.75, 3.05) is 19.7 Å². The minimum absolute atomic E-state index is 0.0861.